The maximum Gasteiger partial charge on any atom is 0.225 e. The van der Waals surface area contributed by atoms with Crippen LogP contribution in [0.3, 0.4) is 0 Å². The van der Waals surface area contributed by atoms with E-state index in [9.17, 15) is 0 Å². The number of nitrogens with one attached hydrogen (secondary N) is 1. The molecule has 0 aliphatic carbocycles. The number of benzene rings is 1. The van der Waals surface area contributed by atoms with Gasteiger partial charge in [0, 0.05) is 37.2 Å². The molecule has 1 aliphatic heterocycles. The lowest BCUT2D eigenvalue weighted by molar-refractivity contribution is 0.568. The number of aromatic amines is 1. The molecule has 0 radical (unpaired) electrons. The number of nitrogens with zero attached hydrogens (tertiary/aromatic N) is 3. The molecule has 1 fully saturated rings. The Morgan fingerprint density at radius 3 is 2.38 bits per heavy atom. The molecule has 2 aromatic heterocycles. The van der Waals surface area contributed by atoms with Gasteiger partial charge < -0.3 is 9.88 Å². The number of anilines is 1. The van der Waals surface area contributed by atoms with Crippen molar-refractivity contribution in [3.63, 3.8) is 0 Å². The largest absolute Gasteiger partial charge is 0.361 e. The van der Waals surface area contributed by atoms with Crippen LogP contribution in [0.25, 0.3) is 10.9 Å². The van der Waals surface area contributed by atoms with Crippen molar-refractivity contribution in [3.8, 4) is 0 Å². The molecule has 3 heterocycles. The second-order valence-corrected chi connectivity index (χ2v) is 5.16. The summed E-state index contributed by atoms with van der Waals surface area (Å²) in [5.41, 5.74) is 1.21. The van der Waals surface area contributed by atoms with E-state index in [1.807, 2.05) is 24.4 Å². The van der Waals surface area contributed by atoms with Gasteiger partial charge in [0.15, 0.2) is 0 Å². The third kappa shape index (κ3) is 3.60. The van der Waals surface area contributed by atoms with Crippen LogP contribution >= 0.6 is 0 Å². The molecule has 1 N–H and O–H groups in total. The Labute approximate surface area is 124 Å². The van der Waals surface area contributed by atoms with Gasteiger partial charge in [-0.15, -0.1) is 0 Å². The Morgan fingerprint density at radius 2 is 1.62 bits per heavy atom. The summed E-state index contributed by atoms with van der Waals surface area (Å²) in [6, 6.07) is 12.1. The third-order valence-electron chi connectivity index (χ3n) is 3.65. The normalized spacial score (nSPS) is 14.6. The molecular formula is C17H20N4. The minimum Gasteiger partial charge on any atom is -0.361 e. The van der Waals surface area contributed by atoms with Crippen molar-refractivity contribution in [2.45, 2.75) is 19.3 Å². The van der Waals surface area contributed by atoms with E-state index in [-0.39, 0.29) is 0 Å². The summed E-state index contributed by atoms with van der Waals surface area (Å²) in [5, 5.41) is 1.28. The summed E-state index contributed by atoms with van der Waals surface area (Å²) in [7, 11) is 0. The molecule has 0 bridgehead atoms. The van der Waals surface area contributed by atoms with Crippen molar-refractivity contribution in [3.05, 3.63) is 55.0 Å². The number of piperidine rings is 1. The highest BCUT2D eigenvalue weighted by molar-refractivity contribution is 5.78. The van der Waals surface area contributed by atoms with E-state index in [0.717, 1.165) is 19.0 Å². The first-order valence-corrected chi connectivity index (χ1v) is 7.47. The topological polar surface area (TPSA) is 44.8 Å². The molecule has 0 saturated carbocycles. The van der Waals surface area contributed by atoms with E-state index in [0.29, 0.717) is 0 Å². The molecule has 21 heavy (non-hydrogen) atoms. The van der Waals surface area contributed by atoms with Gasteiger partial charge in [0.25, 0.3) is 0 Å². The number of rotatable bonds is 1. The van der Waals surface area contributed by atoms with Crippen LogP contribution in [0.5, 0.6) is 0 Å². The number of H-pyrrole nitrogens is 1. The summed E-state index contributed by atoms with van der Waals surface area (Å²) in [5.74, 6) is 0.886. The Morgan fingerprint density at radius 1 is 0.857 bits per heavy atom. The van der Waals surface area contributed by atoms with Crippen LogP contribution in [-0.4, -0.2) is 28.0 Å². The zero-order valence-electron chi connectivity index (χ0n) is 12.1. The maximum absolute atomic E-state index is 4.22. The third-order valence-corrected chi connectivity index (χ3v) is 3.65. The van der Waals surface area contributed by atoms with Crippen molar-refractivity contribution in [1.29, 1.82) is 0 Å². The molecule has 0 atom stereocenters. The monoisotopic (exact) mass is 280 g/mol. The highest BCUT2D eigenvalue weighted by Gasteiger charge is 2.11. The molecule has 4 nitrogen and oxygen atoms in total. The summed E-state index contributed by atoms with van der Waals surface area (Å²) in [6.45, 7) is 2.23. The summed E-state index contributed by atoms with van der Waals surface area (Å²) >= 11 is 0. The van der Waals surface area contributed by atoms with Crippen molar-refractivity contribution in [1.82, 2.24) is 15.0 Å². The van der Waals surface area contributed by atoms with Gasteiger partial charge in [0.2, 0.25) is 5.95 Å². The first-order valence-electron chi connectivity index (χ1n) is 7.47. The Hall–Kier alpha value is -2.36. The van der Waals surface area contributed by atoms with Gasteiger partial charge in [-0.2, -0.15) is 0 Å². The highest BCUT2D eigenvalue weighted by Crippen LogP contribution is 2.13. The van der Waals surface area contributed by atoms with E-state index in [2.05, 4.69) is 38.1 Å². The predicted molar refractivity (Wildman–Crippen MR) is 86.4 cm³/mol. The molecule has 1 saturated heterocycles. The number of para-hydroxylation sites is 1. The number of aromatic nitrogens is 3. The predicted octanol–water partition coefficient (Wildman–Crippen LogP) is 3.63. The number of hydrogen-bond donors (Lipinski definition) is 1. The second kappa shape index (κ2) is 6.88. The molecule has 4 heteroatoms. The minimum absolute atomic E-state index is 0.886. The summed E-state index contributed by atoms with van der Waals surface area (Å²) in [4.78, 5) is 13.8. The van der Waals surface area contributed by atoms with Crippen molar-refractivity contribution in [2.75, 3.05) is 18.0 Å². The Kier molecular flexibility index (Phi) is 4.46. The van der Waals surface area contributed by atoms with Gasteiger partial charge in [-0.25, -0.2) is 9.97 Å². The first kappa shape index (κ1) is 13.6. The van der Waals surface area contributed by atoms with Crippen molar-refractivity contribution >= 4 is 16.9 Å². The van der Waals surface area contributed by atoms with Crippen molar-refractivity contribution < 1.29 is 0 Å². The van der Waals surface area contributed by atoms with Crippen LogP contribution in [0.4, 0.5) is 5.95 Å². The Bertz CT molecular complexity index is 626. The number of hydrogen-bond acceptors (Lipinski definition) is 3. The van der Waals surface area contributed by atoms with E-state index in [1.54, 1.807) is 12.4 Å². The van der Waals surface area contributed by atoms with Crippen LogP contribution in [-0.2, 0) is 0 Å². The SMILES string of the molecule is c1ccc2[nH]ccc2c1.c1cnc(N2CCCCC2)nc1. The maximum atomic E-state index is 4.22. The molecular weight excluding hydrogens is 260 g/mol. The van der Waals surface area contributed by atoms with Gasteiger partial charge in [0.1, 0.15) is 0 Å². The van der Waals surface area contributed by atoms with Crippen molar-refractivity contribution in [2.24, 2.45) is 0 Å². The molecule has 0 unspecified atom stereocenters. The molecule has 0 amide bonds. The Balaban J connectivity index is 0.000000131. The molecule has 1 aromatic carbocycles. The minimum atomic E-state index is 0.886. The van der Waals surface area contributed by atoms with Gasteiger partial charge in [-0.1, -0.05) is 18.2 Å². The second-order valence-electron chi connectivity index (χ2n) is 5.16. The van der Waals surface area contributed by atoms with Crippen LogP contribution in [0.1, 0.15) is 19.3 Å². The quantitative estimate of drug-likeness (QED) is 0.740. The van der Waals surface area contributed by atoms with Gasteiger partial charge >= 0.3 is 0 Å². The molecule has 3 aromatic rings. The van der Waals surface area contributed by atoms with Crippen LogP contribution in [0.15, 0.2) is 55.0 Å². The smallest absolute Gasteiger partial charge is 0.225 e. The molecule has 108 valence electrons. The van der Waals surface area contributed by atoms with Gasteiger partial charge in [-0.05, 0) is 42.8 Å². The fourth-order valence-electron chi connectivity index (χ4n) is 2.54. The average molecular weight is 280 g/mol. The fraction of sp³-hybridized carbons (Fsp3) is 0.294. The average Bonchev–Trinajstić information content (AvgIpc) is 3.06. The highest BCUT2D eigenvalue weighted by atomic mass is 15.2. The molecule has 1 aliphatic rings. The van der Waals surface area contributed by atoms with Gasteiger partial charge in [0.05, 0.1) is 0 Å². The summed E-state index contributed by atoms with van der Waals surface area (Å²) in [6.07, 6.45) is 9.46. The zero-order valence-corrected chi connectivity index (χ0v) is 12.1. The first-order chi connectivity index (χ1) is 10.4. The van der Waals surface area contributed by atoms with Gasteiger partial charge in [-0.3, -0.25) is 0 Å². The lowest BCUT2D eigenvalue weighted by Crippen LogP contribution is -2.30. The molecule has 0 spiro atoms. The van der Waals surface area contributed by atoms with Crippen LogP contribution in [0, 0.1) is 0 Å². The van der Waals surface area contributed by atoms with E-state index >= 15 is 0 Å². The molecule has 4 rings (SSSR count). The van der Waals surface area contributed by atoms with E-state index in [4.69, 9.17) is 0 Å². The fourth-order valence-corrected chi connectivity index (χ4v) is 2.54. The van der Waals surface area contributed by atoms with Crippen LogP contribution < -0.4 is 4.90 Å². The van der Waals surface area contributed by atoms with Crippen LogP contribution in [0.2, 0.25) is 0 Å². The number of fused-ring (bicyclic) bond motifs is 1. The van der Waals surface area contributed by atoms with E-state index in [1.165, 1.54) is 30.2 Å². The lowest BCUT2D eigenvalue weighted by atomic mass is 10.1. The summed E-state index contributed by atoms with van der Waals surface area (Å²) < 4.78 is 0. The standard InChI is InChI=1S/C9H13N3.C8H7N/c1-2-7-12(8-3-1)9-10-5-4-6-11-9;1-2-4-8-7(3-1)5-6-9-8/h4-6H,1-3,7-8H2;1-6,9H. The lowest BCUT2D eigenvalue weighted by Gasteiger charge is -2.26. The zero-order chi connectivity index (χ0) is 14.3. The van der Waals surface area contributed by atoms with E-state index < -0.39 is 0 Å².